The van der Waals surface area contributed by atoms with Crippen LogP contribution in [0.3, 0.4) is 0 Å². The van der Waals surface area contributed by atoms with Crippen molar-refractivity contribution in [1.29, 1.82) is 0 Å². The van der Waals surface area contributed by atoms with Crippen molar-refractivity contribution >= 4 is 28.9 Å². The summed E-state index contributed by atoms with van der Waals surface area (Å²) >= 11 is 12.4. The summed E-state index contributed by atoms with van der Waals surface area (Å²) in [6.45, 7) is 0. The second kappa shape index (κ2) is 4.83. The summed E-state index contributed by atoms with van der Waals surface area (Å²) in [5, 5.41) is 4.82. The lowest BCUT2D eigenvalue weighted by atomic mass is 9.93. The van der Waals surface area contributed by atoms with Crippen LogP contribution in [0, 0.1) is 0 Å². The van der Waals surface area contributed by atoms with Gasteiger partial charge in [-0.1, -0.05) is 53.5 Å². The Morgan fingerprint density at radius 2 is 1.83 bits per heavy atom. The quantitative estimate of drug-likeness (QED) is 0.765. The molecule has 1 nitrogen and oxygen atoms in total. The molecule has 3 heteroatoms. The van der Waals surface area contributed by atoms with Gasteiger partial charge in [0, 0.05) is 5.69 Å². The topological polar surface area (TPSA) is 12.0 Å². The fraction of sp³-hybridized carbons (Fsp3) is 0.200. The summed E-state index contributed by atoms with van der Waals surface area (Å²) in [5.41, 5.74) is 3.65. The smallest absolute Gasteiger partial charge is 0.0644 e. The van der Waals surface area contributed by atoms with Crippen LogP contribution in [-0.2, 0) is 6.42 Å². The molecule has 18 heavy (non-hydrogen) atoms. The molecule has 2 aromatic rings. The predicted molar refractivity (Wildman–Crippen MR) is 77.6 cm³/mol. The zero-order valence-corrected chi connectivity index (χ0v) is 11.3. The molecule has 1 atom stereocenters. The SMILES string of the molecule is Clc1cccc(C2CCc3ccccc3N2)c1Cl. The number of anilines is 1. The second-order valence-corrected chi connectivity index (χ2v) is 5.32. The minimum Gasteiger partial charge on any atom is -0.378 e. The van der Waals surface area contributed by atoms with E-state index in [1.165, 1.54) is 11.3 Å². The van der Waals surface area contributed by atoms with E-state index in [0.717, 1.165) is 18.4 Å². The third kappa shape index (κ3) is 2.09. The van der Waals surface area contributed by atoms with Crippen LogP contribution in [0.5, 0.6) is 0 Å². The van der Waals surface area contributed by atoms with E-state index in [4.69, 9.17) is 23.2 Å². The number of rotatable bonds is 1. The third-order valence-corrected chi connectivity index (χ3v) is 4.24. The van der Waals surface area contributed by atoms with Gasteiger partial charge in [0.2, 0.25) is 0 Å². The highest BCUT2D eigenvalue weighted by Gasteiger charge is 2.21. The molecule has 1 aliphatic rings. The molecule has 1 aliphatic heterocycles. The zero-order chi connectivity index (χ0) is 12.5. The average Bonchev–Trinajstić information content (AvgIpc) is 2.41. The summed E-state index contributed by atoms with van der Waals surface area (Å²) in [4.78, 5) is 0. The first-order chi connectivity index (χ1) is 8.75. The number of para-hydroxylation sites is 1. The van der Waals surface area contributed by atoms with E-state index in [-0.39, 0.29) is 6.04 Å². The number of benzene rings is 2. The Hall–Kier alpha value is -1.18. The summed E-state index contributed by atoms with van der Waals surface area (Å²) in [6, 6.07) is 14.5. The maximum Gasteiger partial charge on any atom is 0.0644 e. The van der Waals surface area contributed by atoms with Crippen LogP contribution >= 0.6 is 23.2 Å². The molecule has 1 N–H and O–H groups in total. The van der Waals surface area contributed by atoms with Crippen molar-refractivity contribution in [2.75, 3.05) is 5.32 Å². The molecule has 0 fully saturated rings. The van der Waals surface area contributed by atoms with Gasteiger partial charge < -0.3 is 5.32 Å². The van der Waals surface area contributed by atoms with Crippen molar-refractivity contribution in [1.82, 2.24) is 0 Å². The summed E-state index contributed by atoms with van der Waals surface area (Å²) < 4.78 is 0. The lowest BCUT2D eigenvalue weighted by Gasteiger charge is -2.28. The van der Waals surface area contributed by atoms with Crippen molar-refractivity contribution < 1.29 is 0 Å². The molecular formula is C15H13Cl2N. The molecule has 0 aliphatic carbocycles. The molecule has 0 aromatic heterocycles. The van der Waals surface area contributed by atoms with Gasteiger partial charge in [0.1, 0.15) is 0 Å². The van der Waals surface area contributed by atoms with E-state index in [2.05, 4.69) is 23.5 Å². The first kappa shape index (κ1) is 11.9. The van der Waals surface area contributed by atoms with Gasteiger partial charge in [0.15, 0.2) is 0 Å². The van der Waals surface area contributed by atoms with Crippen LogP contribution in [0.15, 0.2) is 42.5 Å². The van der Waals surface area contributed by atoms with Crippen LogP contribution in [-0.4, -0.2) is 0 Å². The van der Waals surface area contributed by atoms with Crippen LogP contribution in [0.4, 0.5) is 5.69 Å². The van der Waals surface area contributed by atoms with E-state index in [9.17, 15) is 0 Å². The number of halogens is 2. The molecular weight excluding hydrogens is 265 g/mol. The molecule has 0 radical (unpaired) electrons. The molecule has 0 saturated carbocycles. The van der Waals surface area contributed by atoms with E-state index in [0.29, 0.717) is 10.0 Å². The molecule has 92 valence electrons. The van der Waals surface area contributed by atoms with Crippen molar-refractivity contribution in [3.05, 3.63) is 63.6 Å². The lowest BCUT2D eigenvalue weighted by molar-refractivity contribution is 0.668. The van der Waals surface area contributed by atoms with Crippen molar-refractivity contribution in [3.8, 4) is 0 Å². The Kier molecular flexibility index (Phi) is 3.19. The molecule has 1 heterocycles. The Morgan fingerprint density at radius 1 is 1.00 bits per heavy atom. The fourth-order valence-corrected chi connectivity index (χ4v) is 2.90. The molecule has 0 saturated heterocycles. The van der Waals surface area contributed by atoms with Gasteiger partial charge in [-0.3, -0.25) is 0 Å². The van der Waals surface area contributed by atoms with E-state index < -0.39 is 0 Å². The lowest BCUT2D eigenvalue weighted by Crippen LogP contribution is -2.18. The fourth-order valence-electron chi connectivity index (χ4n) is 2.46. The molecule has 0 bridgehead atoms. The number of fused-ring (bicyclic) bond motifs is 1. The van der Waals surface area contributed by atoms with E-state index in [1.54, 1.807) is 0 Å². The highest BCUT2D eigenvalue weighted by molar-refractivity contribution is 6.42. The Bertz CT molecular complexity index is 580. The maximum atomic E-state index is 6.28. The van der Waals surface area contributed by atoms with Gasteiger partial charge in [-0.05, 0) is 36.1 Å². The highest BCUT2D eigenvalue weighted by atomic mass is 35.5. The standard InChI is InChI=1S/C15H13Cl2N/c16-12-6-3-5-11(15(12)17)14-9-8-10-4-1-2-7-13(10)18-14/h1-7,14,18H,8-9H2. The summed E-state index contributed by atoms with van der Waals surface area (Å²) in [6.07, 6.45) is 2.10. The molecule has 2 aromatic carbocycles. The van der Waals surface area contributed by atoms with Gasteiger partial charge in [0.05, 0.1) is 16.1 Å². The van der Waals surface area contributed by atoms with Crippen LogP contribution in [0.1, 0.15) is 23.6 Å². The minimum absolute atomic E-state index is 0.242. The molecule has 0 spiro atoms. The molecule has 0 amide bonds. The minimum atomic E-state index is 0.242. The van der Waals surface area contributed by atoms with Gasteiger partial charge in [-0.25, -0.2) is 0 Å². The summed E-state index contributed by atoms with van der Waals surface area (Å²) in [7, 11) is 0. The monoisotopic (exact) mass is 277 g/mol. The number of hydrogen-bond donors (Lipinski definition) is 1. The highest BCUT2D eigenvalue weighted by Crippen LogP contribution is 2.37. The van der Waals surface area contributed by atoms with Gasteiger partial charge in [0.25, 0.3) is 0 Å². The summed E-state index contributed by atoms with van der Waals surface area (Å²) in [5.74, 6) is 0. The maximum absolute atomic E-state index is 6.28. The Morgan fingerprint density at radius 3 is 2.72 bits per heavy atom. The Labute approximate surface area is 117 Å². The number of nitrogens with one attached hydrogen (secondary N) is 1. The number of aryl methyl sites for hydroxylation is 1. The normalized spacial score (nSPS) is 18.0. The van der Waals surface area contributed by atoms with Crippen molar-refractivity contribution in [3.63, 3.8) is 0 Å². The van der Waals surface area contributed by atoms with Gasteiger partial charge in [-0.15, -0.1) is 0 Å². The first-order valence-corrected chi connectivity index (χ1v) is 6.79. The van der Waals surface area contributed by atoms with Crippen LogP contribution in [0.25, 0.3) is 0 Å². The number of hydrogen-bond acceptors (Lipinski definition) is 1. The second-order valence-electron chi connectivity index (χ2n) is 4.54. The van der Waals surface area contributed by atoms with Gasteiger partial charge in [-0.2, -0.15) is 0 Å². The largest absolute Gasteiger partial charge is 0.378 e. The van der Waals surface area contributed by atoms with Crippen LogP contribution < -0.4 is 5.32 Å². The zero-order valence-electron chi connectivity index (χ0n) is 9.79. The van der Waals surface area contributed by atoms with Crippen molar-refractivity contribution in [2.45, 2.75) is 18.9 Å². The van der Waals surface area contributed by atoms with Gasteiger partial charge >= 0.3 is 0 Å². The van der Waals surface area contributed by atoms with Crippen LogP contribution in [0.2, 0.25) is 10.0 Å². The van der Waals surface area contributed by atoms with E-state index >= 15 is 0 Å². The Balaban J connectivity index is 1.94. The molecule has 1 unspecified atom stereocenters. The van der Waals surface area contributed by atoms with E-state index in [1.807, 2.05) is 24.3 Å². The first-order valence-electron chi connectivity index (χ1n) is 6.04. The third-order valence-electron chi connectivity index (χ3n) is 3.41. The molecule has 3 rings (SSSR count). The predicted octanol–water partition coefficient (Wildman–Crippen LogP) is 5.09. The van der Waals surface area contributed by atoms with Crippen molar-refractivity contribution in [2.24, 2.45) is 0 Å². The average molecular weight is 278 g/mol.